The van der Waals surface area contributed by atoms with Gasteiger partial charge >= 0.3 is 5.69 Å². The van der Waals surface area contributed by atoms with Crippen LogP contribution in [0.5, 0.6) is 5.75 Å². The van der Waals surface area contributed by atoms with E-state index in [1.54, 1.807) is 0 Å². The number of hydrogen-bond donors (Lipinski definition) is 2. The van der Waals surface area contributed by atoms with Crippen LogP contribution in [0.4, 0.5) is 0 Å². The number of ether oxygens (including phenoxy) is 1. The van der Waals surface area contributed by atoms with Crippen LogP contribution in [0.1, 0.15) is 29.5 Å². The number of thiophene rings is 1. The molecule has 0 aliphatic rings. The van der Waals surface area contributed by atoms with Crippen LogP contribution in [0.15, 0.2) is 26.6 Å². The Morgan fingerprint density at radius 3 is 2.68 bits per heavy atom. The summed E-state index contributed by atoms with van der Waals surface area (Å²) < 4.78 is 6.43. The van der Waals surface area contributed by atoms with Crippen LogP contribution >= 0.6 is 11.3 Å². The zero-order valence-electron chi connectivity index (χ0n) is 14.3. The predicted molar refractivity (Wildman–Crippen MR) is 98.1 cm³/mol. The van der Waals surface area contributed by atoms with Gasteiger partial charge in [-0.15, -0.1) is 11.3 Å². The van der Waals surface area contributed by atoms with Crippen molar-refractivity contribution in [3.05, 3.63) is 59.5 Å². The van der Waals surface area contributed by atoms with Crippen LogP contribution in [0.3, 0.4) is 0 Å². The van der Waals surface area contributed by atoms with E-state index >= 15 is 0 Å². The van der Waals surface area contributed by atoms with Crippen molar-refractivity contribution in [2.75, 3.05) is 6.61 Å². The molecule has 7 nitrogen and oxygen atoms in total. The minimum absolute atomic E-state index is 0.0122. The summed E-state index contributed by atoms with van der Waals surface area (Å²) in [6.07, 6.45) is 2.26. The molecule has 0 radical (unpaired) electrons. The van der Waals surface area contributed by atoms with Gasteiger partial charge in [-0.2, -0.15) is 0 Å². The lowest BCUT2D eigenvalue weighted by Gasteiger charge is -2.07. The zero-order valence-corrected chi connectivity index (χ0v) is 15.1. The molecule has 0 saturated carbocycles. The van der Waals surface area contributed by atoms with E-state index in [4.69, 9.17) is 4.74 Å². The van der Waals surface area contributed by atoms with Crippen molar-refractivity contribution >= 4 is 21.6 Å². The van der Waals surface area contributed by atoms with Gasteiger partial charge in [0.25, 0.3) is 5.56 Å². The molecule has 0 unspecified atom stereocenters. The Morgan fingerprint density at radius 1 is 1.24 bits per heavy atom. The lowest BCUT2D eigenvalue weighted by atomic mass is 10.2. The van der Waals surface area contributed by atoms with Crippen molar-refractivity contribution in [3.63, 3.8) is 0 Å². The minimum atomic E-state index is -0.495. The molecular formula is C17H19N3O4S. The fraction of sp³-hybridized carbons (Fsp3) is 0.353. The van der Waals surface area contributed by atoms with Crippen LogP contribution in [0.25, 0.3) is 10.2 Å². The molecule has 0 fully saturated rings. The number of nitrogens with one attached hydrogen (secondary N) is 2. The van der Waals surface area contributed by atoms with Gasteiger partial charge in [-0.3, -0.25) is 19.1 Å². The van der Waals surface area contributed by atoms with Gasteiger partial charge in [0.05, 0.1) is 18.5 Å². The molecule has 132 valence electrons. The summed E-state index contributed by atoms with van der Waals surface area (Å²) in [6, 6.07) is 1.35. The van der Waals surface area contributed by atoms with E-state index in [9.17, 15) is 14.4 Å². The summed E-state index contributed by atoms with van der Waals surface area (Å²) >= 11 is 1.39. The number of aromatic amines is 2. The lowest BCUT2D eigenvalue weighted by Crippen LogP contribution is -2.35. The number of rotatable bonds is 5. The monoisotopic (exact) mass is 361 g/mol. The van der Waals surface area contributed by atoms with Crippen LogP contribution in [0.2, 0.25) is 0 Å². The van der Waals surface area contributed by atoms with E-state index in [1.807, 2.05) is 20.8 Å². The number of aromatic nitrogens is 3. The first-order valence-electron chi connectivity index (χ1n) is 7.99. The molecule has 0 bridgehead atoms. The van der Waals surface area contributed by atoms with Crippen LogP contribution in [-0.4, -0.2) is 21.1 Å². The van der Waals surface area contributed by atoms with Crippen molar-refractivity contribution in [3.8, 4) is 5.75 Å². The van der Waals surface area contributed by atoms with Crippen molar-refractivity contribution in [2.45, 2.75) is 33.7 Å². The zero-order chi connectivity index (χ0) is 18.1. The van der Waals surface area contributed by atoms with Crippen molar-refractivity contribution in [1.29, 1.82) is 0 Å². The second-order valence-corrected chi connectivity index (χ2v) is 7.07. The number of H-pyrrole nitrogens is 2. The SMILES string of the molecule is CCCOc1c[nH]c(Cn2c(=O)[nH]c3sc(C)c(C)c3c2=O)cc1=O. The van der Waals surface area contributed by atoms with E-state index in [0.29, 0.717) is 22.5 Å². The average molecular weight is 361 g/mol. The maximum Gasteiger partial charge on any atom is 0.329 e. The van der Waals surface area contributed by atoms with Gasteiger partial charge in [-0.05, 0) is 25.8 Å². The van der Waals surface area contributed by atoms with Gasteiger partial charge in [0.2, 0.25) is 5.43 Å². The summed E-state index contributed by atoms with van der Waals surface area (Å²) in [5.41, 5.74) is 0.200. The minimum Gasteiger partial charge on any atom is -0.488 e. The molecule has 0 aliphatic carbocycles. The van der Waals surface area contributed by atoms with E-state index in [0.717, 1.165) is 21.4 Å². The third kappa shape index (κ3) is 3.17. The highest BCUT2D eigenvalue weighted by molar-refractivity contribution is 7.18. The molecule has 0 amide bonds. The van der Waals surface area contributed by atoms with Crippen LogP contribution < -0.4 is 21.4 Å². The smallest absolute Gasteiger partial charge is 0.329 e. The fourth-order valence-electron chi connectivity index (χ4n) is 2.59. The molecule has 3 rings (SSSR count). The van der Waals surface area contributed by atoms with Gasteiger partial charge < -0.3 is 9.72 Å². The highest BCUT2D eigenvalue weighted by Crippen LogP contribution is 2.24. The second-order valence-electron chi connectivity index (χ2n) is 5.84. The molecule has 25 heavy (non-hydrogen) atoms. The highest BCUT2D eigenvalue weighted by Gasteiger charge is 2.14. The maximum absolute atomic E-state index is 12.7. The third-order valence-corrected chi connectivity index (χ3v) is 5.16. The summed E-state index contributed by atoms with van der Waals surface area (Å²) in [5.74, 6) is 0.228. The summed E-state index contributed by atoms with van der Waals surface area (Å²) in [5, 5.41) is 0.521. The number of fused-ring (bicyclic) bond motifs is 1. The first-order chi connectivity index (χ1) is 11.9. The van der Waals surface area contributed by atoms with E-state index in [2.05, 4.69) is 9.97 Å². The normalized spacial score (nSPS) is 11.2. The van der Waals surface area contributed by atoms with E-state index < -0.39 is 5.69 Å². The lowest BCUT2D eigenvalue weighted by molar-refractivity contribution is 0.313. The number of aryl methyl sites for hydroxylation is 2. The first-order valence-corrected chi connectivity index (χ1v) is 8.81. The molecular weight excluding hydrogens is 342 g/mol. The third-order valence-electron chi connectivity index (χ3n) is 4.04. The Morgan fingerprint density at radius 2 is 2.00 bits per heavy atom. The van der Waals surface area contributed by atoms with E-state index in [1.165, 1.54) is 23.6 Å². The largest absolute Gasteiger partial charge is 0.488 e. The van der Waals surface area contributed by atoms with Gasteiger partial charge in [-0.1, -0.05) is 6.92 Å². The predicted octanol–water partition coefficient (Wildman–Crippen LogP) is 1.89. The molecule has 3 aromatic rings. The maximum atomic E-state index is 12.7. The standard InChI is InChI=1S/C17H19N3O4S/c1-4-5-24-13-7-18-11(6-12(13)21)8-20-16(22)14-9(2)10(3)25-15(14)19-17(20)23/h6-7H,4-5,8H2,1-3H3,(H,18,21)(H,19,23). The number of hydrogen-bond acceptors (Lipinski definition) is 5. The molecule has 2 N–H and O–H groups in total. The highest BCUT2D eigenvalue weighted by atomic mass is 32.1. The quantitative estimate of drug-likeness (QED) is 0.725. The Balaban J connectivity index is 2.02. The topological polar surface area (TPSA) is 96.9 Å². The first kappa shape index (κ1) is 17.2. The Bertz CT molecular complexity index is 1100. The molecule has 0 aromatic carbocycles. The van der Waals surface area contributed by atoms with Crippen LogP contribution in [-0.2, 0) is 6.54 Å². The van der Waals surface area contributed by atoms with Crippen molar-refractivity contribution in [2.24, 2.45) is 0 Å². The Hall–Kier alpha value is -2.61. The molecule has 0 saturated heterocycles. The van der Waals surface area contributed by atoms with Gasteiger partial charge in [0, 0.05) is 22.8 Å². The van der Waals surface area contributed by atoms with Crippen LogP contribution in [0, 0.1) is 13.8 Å². The second kappa shape index (κ2) is 6.72. The summed E-state index contributed by atoms with van der Waals surface area (Å²) in [7, 11) is 0. The Labute approximate surface area is 146 Å². The van der Waals surface area contributed by atoms with E-state index in [-0.39, 0.29) is 23.3 Å². The molecule has 0 atom stereocenters. The van der Waals surface area contributed by atoms with Gasteiger partial charge in [0.15, 0.2) is 5.75 Å². The van der Waals surface area contributed by atoms with Gasteiger partial charge in [0.1, 0.15) is 4.83 Å². The van der Waals surface area contributed by atoms with Crippen molar-refractivity contribution in [1.82, 2.24) is 14.5 Å². The molecule has 8 heteroatoms. The summed E-state index contributed by atoms with van der Waals surface area (Å²) in [4.78, 5) is 44.3. The average Bonchev–Trinajstić information content (AvgIpc) is 2.85. The van der Waals surface area contributed by atoms with Crippen molar-refractivity contribution < 1.29 is 4.74 Å². The number of pyridine rings is 1. The Kier molecular flexibility index (Phi) is 4.63. The molecule has 0 spiro atoms. The fourth-order valence-corrected chi connectivity index (χ4v) is 3.64. The molecule has 0 aliphatic heterocycles. The number of nitrogens with zero attached hydrogens (tertiary/aromatic N) is 1. The summed E-state index contributed by atoms with van der Waals surface area (Å²) in [6.45, 7) is 6.16. The molecule has 3 aromatic heterocycles. The molecule has 3 heterocycles. The van der Waals surface area contributed by atoms with Gasteiger partial charge in [-0.25, -0.2) is 4.79 Å².